The van der Waals surface area contributed by atoms with Crippen LogP contribution < -0.4 is 4.74 Å². The number of fused-ring (bicyclic) bond motifs is 4. The average molecular weight is 619 g/mol. The van der Waals surface area contributed by atoms with Gasteiger partial charge in [-0.3, -0.25) is 0 Å². The third kappa shape index (κ3) is 4.10. The molecule has 0 bridgehead atoms. The van der Waals surface area contributed by atoms with Crippen molar-refractivity contribution in [3.63, 3.8) is 0 Å². The van der Waals surface area contributed by atoms with E-state index >= 15 is 0 Å². The van der Waals surface area contributed by atoms with Crippen LogP contribution in [0.1, 0.15) is 60.6 Å². The molecule has 0 aromatic heterocycles. The summed E-state index contributed by atoms with van der Waals surface area (Å²) in [6.07, 6.45) is 3.37. The summed E-state index contributed by atoms with van der Waals surface area (Å²) in [5.74, 6) is 2.22. The van der Waals surface area contributed by atoms with Crippen molar-refractivity contribution in [2.24, 2.45) is 5.92 Å². The van der Waals surface area contributed by atoms with Gasteiger partial charge in [-0.25, -0.2) is 0 Å². The molecule has 0 saturated carbocycles. The summed E-state index contributed by atoms with van der Waals surface area (Å²) in [5.41, 5.74) is 15.1. The van der Waals surface area contributed by atoms with Gasteiger partial charge in [-0.05, 0) is 74.2 Å². The molecule has 48 heavy (non-hydrogen) atoms. The quantitative estimate of drug-likeness (QED) is 0.191. The van der Waals surface area contributed by atoms with Crippen molar-refractivity contribution in [2.75, 3.05) is 0 Å². The van der Waals surface area contributed by atoms with Crippen LogP contribution in [0.5, 0.6) is 5.75 Å². The smallest absolute Gasteiger partial charge is 0.131 e. The molecule has 0 amide bonds. The van der Waals surface area contributed by atoms with Crippen LogP contribution in [-0.2, 0) is 10.8 Å². The van der Waals surface area contributed by atoms with E-state index in [0.29, 0.717) is 0 Å². The lowest BCUT2D eigenvalue weighted by molar-refractivity contribution is 0.323. The van der Waals surface area contributed by atoms with Gasteiger partial charge in [0.2, 0.25) is 0 Å². The van der Waals surface area contributed by atoms with Crippen LogP contribution in [0.15, 0.2) is 169 Å². The number of benzene rings is 6. The van der Waals surface area contributed by atoms with Crippen LogP contribution in [0.25, 0.3) is 27.8 Å². The summed E-state index contributed by atoms with van der Waals surface area (Å²) in [7, 11) is 0. The van der Waals surface area contributed by atoms with Crippen LogP contribution in [0.3, 0.4) is 0 Å². The van der Waals surface area contributed by atoms with E-state index in [4.69, 9.17) is 4.74 Å². The van der Waals surface area contributed by atoms with Gasteiger partial charge in [-0.2, -0.15) is 0 Å². The van der Waals surface area contributed by atoms with E-state index in [-0.39, 0.29) is 11.3 Å². The Morgan fingerprint density at radius 2 is 1.15 bits per heavy atom. The number of hydrogen-bond donors (Lipinski definition) is 0. The monoisotopic (exact) mass is 618 g/mol. The zero-order valence-corrected chi connectivity index (χ0v) is 27.7. The maximum absolute atomic E-state index is 6.86. The number of hydrogen-bond acceptors (Lipinski definition) is 1. The molecule has 1 unspecified atom stereocenters. The maximum atomic E-state index is 6.86. The highest BCUT2D eigenvalue weighted by Gasteiger charge is 2.48. The van der Waals surface area contributed by atoms with Crippen LogP contribution in [0.4, 0.5) is 0 Å². The van der Waals surface area contributed by atoms with Crippen molar-refractivity contribution in [1.82, 2.24) is 0 Å². The van der Waals surface area contributed by atoms with E-state index < -0.39 is 5.41 Å². The molecule has 2 aliphatic carbocycles. The van der Waals surface area contributed by atoms with Gasteiger partial charge in [0.15, 0.2) is 0 Å². The normalized spacial score (nSPS) is 18.1. The molecule has 1 heterocycles. The van der Waals surface area contributed by atoms with Gasteiger partial charge in [0.05, 0.1) is 5.41 Å². The number of allylic oxidation sites excluding steroid dienone is 4. The summed E-state index contributed by atoms with van der Waals surface area (Å²) in [5, 5.41) is 0. The van der Waals surface area contributed by atoms with Crippen LogP contribution in [-0.4, -0.2) is 0 Å². The minimum atomic E-state index is -0.514. The fraction of sp³-hybridized carbons (Fsp3) is 0.149. The highest BCUT2D eigenvalue weighted by molar-refractivity contribution is 5.93. The first-order valence-corrected chi connectivity index (χ1v) is 17.2. The lowest BCUT2D eigenvalue weighted by Gasteiger charge is -2.45. The highest BCUT2D eigenvalue weighted by atomic mass is 16.5. The average Bonchev–Trinajstić information content (AvgIpc) is 3.38. The van der Waals surface area contributed by atoms with Crippen molar-refractivity contribution in [1.29, 1.82) is 0 Å². The Kier molecular flexibility index (Phi) is 6.49. The van der Waals surface area contributed by atoms with Crippen molar-refractivity contribution < 1.29 is 4.74 Å². The van der Waals surface area contributed by atoms with Gasteiger partial charge >= 0.3 is 0 Å². The number of para-hydroxylation sites is 1. The van der Waals surface area contributed by atoms with Gasteiger partial charge in [0, 0.05) is 22.5 Å². The van der Waals surface area contributed by atoms with Crippen molar-refractivity contribution >= 4 is 5.57 Å². The molecule has 9 rings (SSSR count). The first-order valence-electron chi connectivity index (χ1n) is 17.2. The third-order valence-corrected chi connectivity index (χ3v) is 11.0. The molecule has 3 aliphatic rings. The second kappa shape index (κ2) is 10.8. The van der Waals surface area contributed by atoms with E-state index in [0.717, 1.165) is 17.9 Å². The van der Waals surface area contributed by atoms with Gasteiger partial charge < -0.3 is 4.74 Å². The first-order chi connectivity index (χ1) is 23.5. The van der Waals surface area contributed by atoms with Gasteiger partial charge in [0.1, 0.15) is 11.5 Å². The molecule has 0 radical (unpaired) electrons. The SMILES string of the molecule is CC1CC(c2cccc(-c3cccc4c3-c3ccccc3C4(C)C)c2)=CC2=C1Oc1ccccc1C2(c1ccccc1)c1ccccc1. The summed E-state index contributed by atoms with van der Waals surface area (Å²) in [6, 6.07) is 55.6. The van der Waals surface area contributed by atoms with Crippen LogP contribution in [0, 0.1) is 5.92 Å². The molecule has 1 nitrogen and oxygen atoms in total. The Morgan fingerprint density at radius 3 is 1.90 bits per heavy atom. The summed E-state index contributed by atoms with van der Waals surface area (Å²) in [6.45, 7) is 7.03. The van der Waals surface area contributed by atoms with E-state index in [9.17, 15) is 0 Å². The van der Waals surface area contributed by atoms with Crippen molar-refractivity contribution in [3.05, 3.63) is 202 Å². The number of ether oxygens (including phenoxy) is 1. The maximum Gasteiger partial charge on any atom is 0.131 e. The molecule has 1 heteroatoms. The summed E-state index contributed by atoms with van der Waals surface area (Å²) >= 11 is 0. The van der Waals surface area contributed by atoms with Crippen LogP contribution >= 0.6 is 0 Å². The Labute approximate surface area is 283 Å². The van der Waals surface area contributed by atoms with E-state index in [1.165, 1.54) is 66.8 Å². The Balaban J connectivity index is 1.25. The van der Waals surface area contributed by atoms with E-state index in [2.05, 4.69) is 179 Å². The molecule has 232 valence electrons. The Bertz CT molecular complexity index is 2230. The molecule has 0 saturated heterocycles. The minimum absolute atomic E-state index is 0.0285. The predicted molar refractivity (Wildman–Crippen MR) is 198 cm³/mol. The predicted octanol–water partition coefficient (Wildman–Crippen LogP) is 11.8. The minimum Gasteiger partial charge on any atom is -0.461 e. The Hall–Kier alpha value is -5.40. The topological polar surface area (TPSA) is 9.23 Å². The molecule has 1 atom stereocenters. The molecular formula is C47H38O. The summed E-state index contributed by atoms with van der Waals surface area (Å²) in [4.78, 5) is 0. The lowest BCUT2D eigenvalue weighted by atomic mass is 9.61. The zero-order chi connectivity index (χ0) is 32.5. The molecule has 0 spiro atoms. The molecular weight excluding hydrogens is 581 g/mol. The lowest BCUT2D eigenvalue weighted by Crippen LogP contribution is -2.38. The molecule has 0 N–H and O–H groups in total. The van der Waals surface area contributed by atoms with E-state index in [1.807, 2.05) is 0 Å². The van der Waals surface area contributed by atoms with E-state index in [1.54, 1.807) is 0 Å². The highest BCUT2D eigenvalue weighted by Crippen LogP contribution is 2.57. The molecule has 6 aromatic carbocycles. The third-order valence-electron chi connectivity index (χ3n) is 11.0. The fourth-order valence-corrected chi connectivity index (χ4v) is 8.82. The summed E-state index contributed by atoms with van der Waals surface area (Å²) < 4.78 is 6.86. The Morgan fingerprint density at radius 1 is 0.562 bits per heavy atom. The van der Waals surface area contributed by atoms with Crippen LogP contribution in [0.2, 0.25) is 0 Å². The van der Waals surface area contributed by atoms with Crippen molar-refractivity contribution in [3.8, 4) is 28.0 Å². The van der Waals surface area contributed by atoms with Crippen molar-refractivity contribution in [2.45, 2.75) is 38.0 Å². The fourth-order valence-electron chi connectivity index (χ4n) is 8.82. The standard InChI is InChI=1S/C47H38O/c1-31-28-34(32-16-14-17-33(29-32)37-23-15-26-41-44(37)38-22-10-11-24-39(38)46(41,2)3)30-42-45(31)48-43-27-13-12-25-40(43)47(42,35-18-6-4-7-19-35)36-20-8-5-9-21-36/h4-27,29-31H,28H2,1-3H3. The molecule has 1 aliphatic heterocycles. The first kappa shape index (κ1) is 28.8. The van der Waals surface area contributed by atoms with Gasteiger partial charge in [0.25, 0.3) is 0 Å². The second-order valence-electron chi connectivity index (χ2n) is 14.1. The number of rotatable bonds is 4. The van der Waals surface area contributed by atoms with Gasteiger partial charge in [-0.1, -0.05) is 166 Å². The largest absolute Gasteiger partial charge is 0.461 e. The molecule has 0 fully saturated rings. The molecule has 6 aromatic rings. The van der Waals surface area contributed by atoms with Gasteiger partial charge in [-0.15, -0.1) is 0 Å². The second-order valence-corrected chi connectivity index (χ2v) is 14.1. The zero-order valence-electron chi connectivity index (χ0n) is 27.7.